The molecule has 0 saturated carbocycles. The second-order valence-corrected chi connectivity index (χ2v) is 5.58. The summed E-state index contributed by atoms with van der Waals surface area (Å²) in [5.41, 5.74) is 0.670. The number of sulfonamides is 1. The van der Waals surface area contributed by atoms with E-state index in [1.165, 1.54) is 16.9 Å². The SMILES string of the molecule is CCn1nnc(-c2ccc(S(=O)(=O)NCC#N)cc2)n1. The van der Waals surface area contributed by atoms with Gasteiger partial charge in [-0.1, -0.05) is 0 Å². The number of aryl methyl sites for hydroxylation is 1. The van der Waals surface area contributed by atoms with E-state index in [4.69, 9.17) is 5.26 Å². The molecular weight excluding hydrogens is 280 g/mol. The van der Waals surface area contributed by atoms with Crippen LogP contribution in [0.25, 0.3) is 11.4 Å². The molecule has 1 heterocycles. The Morgan fingerprint density at radius 2 is 2.05 bits per heavy atom. The average molecular weight is 292 g/mol. The van der Waals surface area contributed by atoms with Gasteiger partial charge in [-0.15, -0.1) is 10.2 Å². The maximum Gasteiger partial charge on any atom is 0.241 e. The van der Waals surface area contributed by atoms with Crippen LogP contribution in [0, 0.1) is 11.3 Å². The number of nitriles is 1. The smallest absolute Gasteiger partial charge is 0.207 e. The number of nitrogens with one attached hydrogen (secondary N) is 1. The lowest BCUT2D eigenvalue weighted by atomic mass is 10.2. The van der Waals surface area contributed by atoms with Crippen LogP contribution < -0.4 is 4.72 Å². The van der Waals surface area contributed by atoms with Gasteiger partial charge in [0.2, 0.25) is 15.8 Å². The van der Waals surface area contributed by atoms with Crippen molar-refractivity contribution in [2.24, 2.45) is 0 Å². The number of hydrogen-bond donors (Lipinski definition) is 1. The first-order valence-electron chi connectivity index (χ1n) is 5.81. The third-order valence-electron chi connectivity index (χ3n) is 2.50. The van der Waals surface area contributed by atoms with E-state index < -0.39 is 10.0 Å². The van der Waals surface area contributed by atoms with Gasteiger partial charge < -0.3 is 0 Å². The second kappa shape index (κ2) is 5.77. The Morgan fingerprint density at radius 1 is 1.35 bits per heavy atom. The van der Waals surface area contributed by atoms with Gasteiger partial charge in [-0.3, -0.25) is 0 Å². The highest BCUT2D eigenvalue weighted by molar-refractivity contribution is 7.89. The molecule has 1 N–H and O–H groups in total. The van der Waals surface area contributed by atoms with Gasteiger partial charge in [0, 0.05) is 5.56 Å². The molecule has 0 aliphatic carbocycles. The quantitative estimate of drug-likeness (QED) is 0.785. The average Bonchev–Trinajstić information content (AvgIpc) is 2.94. The molecule has 0 saturated heterocycles. The van der Waals surface area contributed by atoms with E-state index in [1.54, 1.807) is 18.2 Å². The summed E-state index contributed by atoms with van der Waals surface area (Å²) in [6, 6.07) is 7.77. The number of hydrogen-bond acceptors (Lipinski definition) is 6. The summed E-state index contributed by atoms with van der Waals surface area (Å²) in [6.45, 7) is 2.23. The highest BCUT2D eigenvalue weighted by Crippen LogP contribution is 2.17. The van der Waals surface area contributed by atoms with Crippen molar-refractivity contribution in [1.82, 2.24) is 24.9 Å². The molecule has 0 unspecified atom stereocenters. The Kier molecular flexibility index (Phi) is 4.07. The number of nitrogens with zero attached hydrogens (tertiary/aromatic N) is 5. The molecule has 9 heteroatoms. The van der Waals surface area contributed by atoms with Gasteiger partial charge in [0.1, 0.15) is 0 Å². The Bertz CT molecular complexity index is 729. The zero-order valence-corrected chi connectivity index (χ0v) is 11.5. The fraction of sp³-hybridized carbons (Fsp3) is 0.273. The molecule has 0 aliphatic rings. The Balaban J connectivity index is 2.24. The van der Waals surface area contributed by atoms with Crippen molar-refractivity contribution < 1.29 is 8.42 Å². The minimum Gasteiger partial charge on any atom is -0.207 e. The van der Waals surface area contributed by atoms with Gasteiger partial charge in [0.05, 0.1) is 24.1 Å². The molecule has 1 aromatic carbocycles. The van der Waals surface area contributed by atoms with Crippen LogP contribution in [0.3, 0.4) is 0 Å². The van der Waals surface area contributed by atoms with Crippen molar-refractivity contribution in [2.45, 2.75) is 18.4 Å². The summed E-state index contributed by atoms with van der Waals surface area (Å²) in [4.78, 5) is 1.52. The molecule has 2 aromatic rings. The summed E-state index contributed by atoms with van der Waals surface area (Å²) in [6.07, 6.45) is 0. The van der Waals surface area contributed by atoms with Gasteiger partial charge in [0.15, 0.2) is 0 Å². The van der Waals surface area contributed by atoms with E-state index in [2.05, 4.69) is 20.1 Å². The third kappa shape index (κ3) is 2.98. The first-order valence-corrected chi connectivity index (χ1v) is 7.30. The van der Waals surface area contributed by atoms with Gasteiger partial charge in [0.25, 0.3) is 0 Å². The molecular formula is C11H12N6O2S. The zero-order chi connectivity index (χ0) is 14.6. The number of tetrazole rings is 1. The maximum absolute atomic E-state index is 11.8. The van der Waals surface area contributed by atoms with Crippen LogP contribution in [0.2, 0.25) is 0 Å². The molecule has 2 rings (SSSR count). The van der Waals surface area contributed by atoms with Gasteiger partial charge in [-0.25, -0.2) is 8.42 Å². The Hall–Kier alpha value is -2.31. The largest absolute Gasteiger partial charge is 0.241 e. The zero-order valence-electron chi connectivity index (χ0n) is 10.7. The first kappa shape index (κ1) is 14.1. The second-order valence-electron chi connectivity index (χ2n) is 3.81. The van der Waals surface area contributed by atoms with Crippen molar-refractivity contribution in [3.63, 3.8) is 0 Å². The normalized spacial score (nSPS) is 11.2. The van der Waals surface area contributed by atoms with Crippen LogP contribution in [-0.4, -0.2) is 35.2 Å². The van der Waals surface area contributed by atoms with Crippen LogP contribution in [0.1, 0.15) is 6.92 Å². The molecule has 104 valence electrons. The first-order chi connectivity index (χ1) is 9.56. The molecule has 8 nitrogen and oxygen atoms in total. The molecule has 0 fully saturated rings. The van der Waals surface area contributed by atoms with Crippen molar-refractivity contribution >= 4 is 10.0 Å². The van der Waals surface area contributed by atoms with E-state index in [0.717, 1.165) is 0 Å². The topological polar surface area (TPSA) is 114 Å². The number of benzene rings is 1. The fourth-order valence-corrected chi connectivity index (χ4v) is 2.40. The fourth-order valence-electron chi connectivity index (χ4n) is 1.49. The predicted octanol–water partition coefficient (Wildman–Crippen LogP) is 0.162. The molecule has 0 atom stereocenters. The van der Waals surface area contributed by atoms with Gasteiger partial charge in [-0.2, -0.15) is 14.8 Å². The summed E-state index contributed by atoms with van der Waals surface area (Å²) in [5.74, 6) is 0.431. The number of aromatic nitrogens is 4. The van der Waals surface area contributed by atoms with Crippen LogP contribution in [0.4, 0.5) is 0 Å². The molecule has 0 amide bonds. The lowest BCUT2D eigenvalue weighted by Gasteiger charge is -2.03. The van der Waals surface area contributed by atoms with Gasteiger partial charge in [-0.05, 0) is 36.4 Å². The molecule has 20 heavy (non-hydrogen) atoms. The summed E-state index contributed by atoms with van der Waals surface area (Å²) in [7, 11) is -3.65. The molecule has 0 spiro atoms. The summed E-state index contributed by atoms with van der Waals surface area (Å²) >= 11 is 0. The lowest BCUT2D eigenvalue weighted by Crippen LogP contribution is -2.23. The predicted molar refractivity (Wildman–Crippen MR) is 69.7 cm³/mol. The van der Waals surface area contributed by atoms with E-state index in [-0.39, 0.29) is 11.4 Å². The summed E-state index contributed by atoms with van der Waals surface area (Å²) in [5, 5.41) is 20.2. The van der Waals surface area contributed by atoms with E-state index in [0.29, 0.717) is 17.9 Å². The highest BCUT2D eigenvalue weighted by atomic mass is 32.2. The molecule has 0 bridgehead atoms. The Morgan fingerprint density at radius 3 is 2.60 bits per heavy atom. The van der Waals surface area contributed by atoms with Crippen molar-refractivity contribution in [3.05, 3.63) is 24.3 Å². The third-order valence-corrected chi connectivity index (χ3v) is 3.92. The lowest BCUT2D eigenvalue weighted by molar-refractivity contribution is 0.553. The Labute approximate surface area is 116 Å². The maximum atomic E-state index is 11.8. The highest BCUT2D eigenvalue weighted by Gasteiger charge is 2.14. The van der Waals surface area contributed by atoms with E-state index >= 15 is 0 Å². The molecule has 0 radical (unpaired) electrons. The van der Waals surface area contributed by atoms with Crippen LogP contribution in [0.15, 0.2) is 29.2 Å². The van der Waals surface area contributed by atoms with Crippen molar-refractivity contribution in [3.8, 4) is 17.5 Å². The van der Waals surface area contributed by atoms with Crippen LogP contribution in [0.5, 0.6) is 0 Å². The molecule has 1 aromatic heterocycles. The van der Waals surface area contributed by atoms with E-state index in [9.17, 15) is 8.42 Å². The molecule has 0 aliphatic heterocycles. The standard InChI is InChI=1S/C11H12N6O2S/c1-2-17-15-11(14-16-17)9-3-5-10(6-4-9)20(18,19)13-8-7-12/h3-6,13H,2,8H2,1H3. The van der Waals surface area contributed by atoms with Crippen LogP contribution in [-0.2, 0) is 16.6 Å². The van der Waals surface area contributed by atoms with Crippen molar-refractivity contribution in [1.29, 1.82) is 5.26 Å². The minimum atomic E-state index is -3.65. The van der Waals surface area contributed by atoms with Crippen molar-refractivity contribution in [2.75, 3.05) is 6.54 Å². The number of rotatable bonds is 5. The monoisotopic (exact) mass is 292 g/mol. The van der Waals surface area contributed by atoms with E-state index in [1.807, 2.05) is 6.92 Å². The van der Waals surface area contributed by atoms with Crippen LogP contribution >= 0.6 is 0 Å². The van der Waals surface area contributed by atoms with Gasteiger partial charge >= 0.3 is 0 Å². The minimum absolute atomic E-state index is 0.0828. The summed E-state index contributed by atoms with van der Waals surface area (Å²) < 4.78 is 25.7.